The lowest BCUT2D eigenvalue weighted by Gasteiger charge is -2.16. The standard InChI is InChI=1S/C11H16ClNO2/c1-7(6-13)8-4-9(12)11(15-3)5-10(8)14-2/h4-5,7H,6,13H2,1-3H3. The lowest BCUT2D eigenvalue weighted by atomic mass is 10.00. The number of halogens is 1. The monoisotopic (exact) mass is 229 g/mol. The molecule has 0 spiro atoms. The van der Waals surface area contributed by atoms with E-state index in [4.69, 9.17) is 26.8 Å². The lowest BCUT2D eigenvalue weighted by Crippen LogP contribution is -2.10. The van der Waals surface area contributed by atoms with E-state index in [9.17, 15) is 0 Å². The third-order valence-electron chi connectivity index (χ3n) is 2.39. The molecule has 0 saturated carbocycles. The Labute approximate surface area is 95.1 Å². The molecule has 1 unspecified atom stereocenters. The van der Waals surface area contributed by atoms with Crippen LogP contribution >= 0.6 is 11.6 Å². The highest BCUT2D eigenvalue weighted by atomic mass is 35.5. The predicted octanol–water partition coefficient (Wildman–Crippen LogP) is 2.42. The fourth-order valence-electron chi connectivity index (χ4n) is 1.40. The summed E-state index contributed by atoms with van der Waals surface area (Å²) in [7, 11) is 3.20. The van der Waals surface area contributed by atoms with Crippen LogP contribution in [0, 0.1) is 0 Å². The van der Waals surface area contributed by atoms with Crippen molar-refractivity contribution in [1.82, 2.24) is 0 Å². The number of hydrogen-bond acceptors (Lipinski definition) is 3. The van der Waals surface area contributed by atoms with Crippen molar-refractivity contribution in [2.45, 2.75) is 12.8 Å². The molecule has 84 valence electrons. The molecule has 0 amide bonds. The van der Waals surface area contributed by atoms with Gasteiger partial charge in [0.1, 0.15) is 11.5 Å². The van der Waals surface area contributed by atoms with Crippen LogP contribution in [0.2, 0.25) is 5.02 Å². The highest BCUT2D eigenvalue weighted by Crippen LogP contribution is 2.35. The number of nitrogens with two attached hydrogens (primary N) is 1. The molecule has 0 heterocycles. The molecule has 15 heavy (non-hydrogen) atoms. The van der Waals surface area contributed by atoms with Gasteiger partial charge >= 0.3 is 0 Å². The molecule has 3 nitrogen and oxygen atoms in total. The van der Waals surface area contributed by atoms with Crippen molar-refractivity contribution in [3.8, 4) is 11.5 Å². The van der Waals surface area contributed by atoms with E-state index in [1.807, 2.05) is 13.0 Å². The Balaban J connectivity index is 3.21. The van der Waals surface area contributed by atoms with Gasteiger partial charge in [-0.25, -0.2) is 0 Å². The number of ether oxygens (including phenoxy) is 2. The van der Waals surface area contributed by atoms with Gasteiger partial charge in [-0.1, -0.05) is 18.5 Å². The third kappa shape index (κ3) is 2.55. The molecule has 1 rings (SSSR count). The van der Waals surface area contributed by atoms with Gasteiger partial charge in [-0.2, -0.15) is 0 Å². The van der Waals surface area contributed by atoms with E-state index in [-0.39, 0.29) is 5.92 Å². The summed E-state index contributed by atoms with van der Waals surface area (Å²) in [6.45, 7) is 2.58. The number of methoxy groups -OCH3 is 2. The number of hydrogen-bond donors (Lipinski definition) is 1. The number of rotatable bonds is 4. The molecule has 0 aliphatic carbocycles. The summed E-state index contributed by atoms with van der Waals surface area (Å²) < 4.78 is 10.4. The summed E-state index contributed by atoms with van der Waals surface area (Å²) in [4.78, 5) is 0. The van der Waals surface area contributed by atoms with Crippen molar-refractivity contribution in [3.63, 3.8) is 0 Å². The first-order chi connectivity index (χ1) is 7.13. The van der Waals surface area contributed by atoms with Crippen LogP contribution in [0.3, 0.4) is 0 Å². The second-order valence-electron chi connectivity index (χ2n) is 3.37. The van der Waals surface area contributed by atoms with Crippen LogP contribution in [0.4, 0.5) is 0 Å². The second kappa shape index (κ2) is 5.24. The minimum atomic E-state index is 0.211. The van der Waals surface area contributed by atoms with Crippen LogP contribution in [0.1, 0.15) is 18.4 Å². The van der Waals surface area contributed by atoms with Gasteiger partial charge in [-0.05, 0) is 24.1 Å². The molecule has 0 aliphatic rings. The normalized spacial score (nSPS) is 12.3. The molecule has 1 aromatic rings. The van der Waals surface area contributed by atoms with Gasteiger partial charge in [0, 0.05) is 6.07 Å². The number of benzene rings is 1. The van der Waals surface area contributed by atoms with Crippen LogP contribution in [-0.4, -0.2) is 20.8 Å². The summed E-state index contributed by atoms with van der Waals surface area (Å²) >= 11 is 6.04. The summed E-state index contributed by atoms with van der Waals surface area (Å²) in [6.07, 6.45) is 0. The van der Waals surface area contributed by atoms with Gasteiger partial charge in [-0.3, -0.25) is 0 Å². The zero-order valence-corrected chi connectivity index (χ0v) is 9.97. The van der Waals surface area contributed by atoms with Crippen molar-refractivity contribution in [2.75, 3.05) is 20.8 Å². The minimum Gasteiger partial charge on any atom is -0.496 e. The molecule has 1 aromatic carbocycles. The summed E-state index contributed by atoms with van der Waals surface area (Å²) in [6, 6.07) is 3.63. The first kappa shape index (κ1) is 12.1. The maximum Gasteiger partial charge on any atom is 0.141 e. The van der Waals surface area contributed by atoms with Gasteiger partial charge in [0.25, 0.3) is 0 Å². The maximum atomic E-state index is 6.04. The van der Waals surface area contributed by atoms with Crippen molar-refractivity contribution in [3.05, 3.63) is 22.7 Å². The summed E-state index contributed by atoms with van der Waals surface area (Å²) in [5.74, 6) is 1.58. The van der Waals surface area contributed by atoms with E-state index in [0.717, 1.165) is 11.3 Å². The quantitative estimate of drug-likeness (QED) is 0.863. The van der Waals surface area contributed by atoms with Crippen LogP contribution in [0.5, 0.6) is 11.5 Å². The molecule has 4 heteroatoms. The van der Waals surface area contributed by atoms with E-state index >= 15 is 0 Å². The van der Waals surface area contributed by atoms with Crippen molar-refractivity contribution in [1.29, 1.82) is 0 Å². The second-order valence-corrected chi connectivity index (χ2v) is 3.77. The SMILES string of the molecule is COc1cc(OC)c(C(C)CN)cc1Cl. The Morgan fingerprint density at radius 2 is 1.87 bits per heavy atom. The van der Waals surface area contributed by atoms with Crippen molar-refractivity contribution < 1.29 is 9.47 Å². The van der Waals surface area contributed by atoms with Gasteiger partial charge in [0.2, 0.25) is 0 Å². The fourth-order valence-corrected chi connectivity index (χ4v) is 1.64. The van der Waals surface area contributed by atoms with E-state index < -0.39 is 0 Å². The van der Waals surface area contributed by atoms with E-state index in [2.05, 4.69) is 0 Å². The Hall–Kier alpha value is -0.930. The lowest BCUT2D eigenvalue weighted by molar-refractivity contribution is 0.389. The molecule has 0 bridgehead atoms. The van der Waals surface area contributed by atoms with Crippen LogP contribution in [0.15, 0.2) is 12.1 Å². The molecule has 2 N–H and O–H groups in total. The summed E-state index contributed by atoms with van der Waals surface area (Å²) in [5, 5.41) is 0.577. The van der Waals surface area contributed by atoms with Crippen molar-refractivity contribution >= 4 is 11.6 Å². The summed E-state index contributed by atoms with van der Waals surface area (Å²) in [5.41, 5.74) is 6.62. The van der Waals surface area contributed by atoms with Gasteiger partial charge in [0.05, 0.1) is 19.2 Å². The largest absolute Gasteiger partial charge is 0.496 e. The van der Waals surface area contributed by atoms with Gasteiger partial charge in [-0.15, -0.1) is 0 Å². The molecule has 0 fully saturated rings. The molecule has 0 radical (unpaired) electrons. The maximum absolute atomic E-state index is 6.04. The predicted molar refractivity (Wildman–Crippen MR) is 62.0 cm³/mol. The fraction of sp³-hybridized carbons (Fsp3) is 0.455. The Morgan fingerprint density at radius 3 is 2.33 bits per heavy atom. The van der Waals surface area contributed by atoms with Crippen LogP contribution in [0.25, 0.3) is 0 Å². The zero-order valence-electron chi connectivity index (χ0n) is 9.21. The molecule has 0 saturated heterocycles. The molecular formula is C11H16ClNO2. The average molecular weight is 230 g/mol. The van der Waals surface area contributed by atoms with E-state index in [0.29, 0.717) is 17.3 Å². The average Bonchev–Trinajstić information content (AvgIpc) is 2.27. The topological polar surface area (TPSA) is 44.5 Å². The highest BCUT2D eigenvalue weighted by Gasteiger charge is 2.14. The van der Waals surface area contributed by atoms with Crippen LogP contribution in [-0.2, 0) is 0 Å². The van der Waals surface area contributed by atoms with E-state index in [1.165, 1.54) is 0 Å². The Kier molecular flexibility index (Phi) is 4.24. The smallest absolute Gasteiger partial charge is 0.141 e. The molecule has 1 atom stereocenters. The highest BCUT2D eigenvalue weighted by molar-refractivity contribution is 6.32. The minimum absolute atomic E-state index is 0.211. The first-order valence-electron chi connectivity index (χ1n) is 4.75. The Bertz CT molecular complexity index is 342. The van der Waals surface area contributed by atoms with Crippen molar-refractivity contribution in [2.24, 2.45) is 5.73 Å². The zero-order chi connectivity index (χ0) is 11.4. The Morgan fingerprint density at radius 1 is 1.27 bits per heavy atom. The molecule has 0 aromatic heterocycles. The van der Waals surface area contributed by atoms with E-state index in [1.54, 1.807) is 20.3 Å². The van der Waals surface area contributed by atoms with Crippen LogP contribution < -0.4 is 15.2 Å². The third-order valence-corrected chi connectivity index (χ3v) is 2.68. The molecular weight excluding hydrogens is 214 g/mol. The molecule has 0 aliphatic heterocycles. The first-order valence-corrected chi connectivity index (χ1v) is 5.13. The van der Waals surface area contributed by atoms with Gasteiger partial charge < -0.3 is 15.2 Å². The van der Waals surface area contributed by atoms with Gasteiger partial charge in [0.15, 0.2) is 0 Å².